The van der Waals surface area contributed by atoms with Crippen molar-refractivity contribution < 1.29 is 83.6 Å². The number of rotatable bonds is 9. The highest BCUT2D eigenvalue weighted by Gasteiger charge is 2.58. The van der Waals surface area contributed by atoms with E-state index in [0.717, 1.165) is 0 Å². The Morgan fingerprint density at radius 1 is 0.343 bits per heavy atom. The van der Waals surface area contributed by atoms with Crippen LogP contribution in [0.4, 0.5) is 79.0 Å². The molecule has 35 heavy (non-hydrogen) atoms. The molecule has 0 radical (unpaired) electrons. The Morgan fingerprint density at radius 3 is 0.543 bits per heavy atom. The third kappa shape index (κ3) is 14.2. The fourth-order valence-corrected chi connectivity index (χ4v) is 5.64. The van der Waals surface area contributed by atoms with Gasteiger partial charge in [-0.05, 0) is 0 Å². The van der Waals surface area contributed by atoms with Crippen molar-refractivity contribution in [1.82, 2.24) is 14.0 Å². The summed E-state index contributed by atoms with van der Waals surface area (Å²) in [7, 11) is -7.45. The van der Waals surface area contributed by atoms with Crippen molar-refractivity contribution in [3.63, 3.8) is 0 Å². The van der Waals surface area contributed by atoms with Gasteiger partial charge in [0.2, 0.25) is 0 Å². The first-order valence-corrected chi connectivity index (χ1v) is 9.77. The minimum absolute atomic E-state index is 1.85. The molecule has 0 aliphatic heterocycles. The van der Waals surface area contributed by atoms with E-state index in [2.05, 4.69) is 0 Å². The maximum absolute atomic E-state index is 13.2. The Labute approximate surface area is 182 Å². The zero-order valence-electron chi connectivity index (χ0n) is 16.2. The molecule has 0 aromatic rings. The van der Waals surface area contributed by atoms with Crippen molar-refractivity contribution in [3.8, 4) is 0 Å². The summed E-state index contributed by atoms with van der Waals surface area (Å²) >= 11 is 0. The van der Waals surface area contributed by atoms with Gasteiger partial charge in [-0.1, -0.05) is 0 Å². The Bertz CT molecular complexity index is 574. The molecule has 0 aliphatic rings. The summed E-state index contributed by atoms with van der Waals surface area (Å²) in [5.41, 5.74) is 0. The van der Waals surface area contributed by atoms with Crippen LogP contribution in [0, 0.1) is 0 Å². The summed E-state index contributed by atoms with van der Waals surface area (Å²) < 4.78 is 239. The average Bonchev–Trinajstić information content (AvgIpc) is 2.43. The summed E-state index contributed by atoms with van der Waals surface area (Å²) in [5.74, 6) is 0. The zero-order valence-corrected chi connectivity index (χ0v) is 17.1. The molecular weight excluding hydrogens is 575 g/mol. The van der Waals surface area contributed by atoms with Gasteiger partial charge in [0.05, 0.1) is 0 Å². The number of nitrogens with zero attached hydrogens (tertiary/aromatic N) is 3. The van der Waals surface area contributed by atoms with Gasteiger partial charge in [0.15, 0.2) is 0 Å². The highest BCUT2D eigenvalue weighted by molar-refractivity contribution is 7.56. The lowest BCUT2D eigenvalue weighted by atomic mass is 10.5. The molecule has 0 aromatic carbocycles. The second-order valence-corrected chi connectivity index (χ2v) is 9.40. The number of hydrogen-bond acceptors (Lipinski definition) is 1. The molecule has 0 saturated heterocycles. The summed E-state index contributed by atoms with van der Waals surface area (Å²) in [6.45, 7) is -20.3. The van der Waals surface area contributed by atoms with Crippen LogP contribution in [0.25, 0.3) is 0 Å². The van der Waals surface area contributed by atoms with Crippen LogP contribution in [-0.2, 0) is 4.57 Å². The van der Waals surface area contributed by atoms with Crippen molar-refractivity contribution in [2.45, 2.75) is 37.1 Å². The second-order valence-electron chi connectivity index (χ2n) is 6.67. The predicted molar refractivity (Wildman–Crippen MR) is 78.7 cm³/mol. The SMILES string of the molecule is O=P(N(CC(F)(F)F)CC(F)(F)F)(N(CC(F)(F)F)CC(F)(F)F)N(CC(F)(F)F)CC(F)(F)F. The Morgan fingerprint density at radius 2 is 0.457 bits per heavy atom. The molecule has 0 aromatic heterocycles. The Balaban J connectivity index is 7.37. The van der Waals surface area contributed by atoms with Crippen molar-refractivity contribution in [1.29, 1.82) is 0 Å². The normalized spacial score (nSPS) is 15.6. The summed E-state index contributed by atoms with van der Waals surface area (Å²) in [6, 6.07) is 0. The first kappa shape index (κ1) is 33.8. The van der Waals surface area contributed by atoms with E-state index in [4.69, 9.17) is 0 Å². The molecule has 0 fully saturated rings. The third-order valence-corrected chi connectivity index (χ3v) is 6.34. The van der Waals surface area contributed by atoms with Gasteiger partial charge in [-0.15, -0.1) is 0 Å². The van der Waals surface area contributed by atoms with Gasteiger partial charge in [0.1, 0.15) is 39.3 Å². The number of halogens is 18. The quantitative estimate of drug-likeness (QED) is 0.232. The van der Waals surface area contributed by atoms with Crippen LogP contribution in [0.15, 0.2) is 0 Å². The number of alkyl halides is 18. The van der Waals surface area contributed by atoms with E-state index < -0.39 is 97.9 Å². The lowest BCUT2D eigenvalue weighted by Gasteiger charge is -2.45. The molecule has 0 unspecified atom stereocenters. The smallest absolute Gasteiger partial charge is 0.270 e. The molecule has 0 heterocycles. The van der Waals surface area contributed by atoms with Gasteiger partial charge >= 0.3 is 37.1 Å². The van der Waals surface area contributed by atoms with E-state index in [0.29, 0.717) is 0 Å². The van der Waals surface area contributed by atoms with Crippen LogP contribution in [-0.4, -0.2) is 90.3 Å². The van der Waals surface area contributed by atoms with Crippen molar-refractivity contribution in [2.24, 2.45) is 0 Å². The lowest BCUT2D eigenvalue weighted by Crippen LogP contribution is -2.53. The van der Waals surface area contributed by atoms with Gasteiger partial charge in [0, 0.05) is 0 Å². The van der Waals surface area contributed by atoms with Gasteiger partial charge in [-0.2, -0.15) is 79.0 Å². The second kappa shape index (κ2) is 10.7. The highest BCUT2D eigenvalue weighted by Crippen LogP contribution is 2.60. The minimum atomic E-state index is -7.45. The maximum atomic E-state index is 13.2. The van der Waals surface area contributed by atoms with Crippen LogP contribution in [0.5, 0.6) is 0 Å². The van der Waals surface area contributed by atoms with Gasteiger partial charge < -0.3 is 0 Å². The summed E-state index contributed by atoms with van der Waals surface area (Å²) in [6.07, 6.45) is -36.6. The molecule has 0 bridgehead atoms. The first-order chi connectivity index (χ1) is 14.9. The van der Waals surface area contributed by atoms with Gasteiger partial charge in [0.25, 0.3) is 7.59 Å². The molecule has 0 atom stereocenters. The largest absolute Gasteiger partial charge is 0.401 e. The molecule has 0 amide bonds. The van der Waals surface area contributed by atoms with Crippen molar-refractivity contribution in [2.75, 3.05) is 39.3 Å². The lowest BCUT2D eigenvalue weighted by molar-refractivity contribution is -0.182. The average molecular weight is 587 g/mol. The molecule has 212 valence electrons. The summed E-state index contributed by atoms with van der Waals surface area (Å²) in [5, 5.41) is 0. The molecule has 23 heteroatoms. The molecular formula is C12H12F18N3OP. The molecule has 0 spiro atoms. The maximum Gasteiger partial charge on any atom is 0.401 e. The van der Waals surface area contributed by atoms with Crippen molar-refractivity contribution in [3.05, 3.63) is 0 Å². The van der Waals surface area contributed by atoms with Gasteiger partial charge in [-0.3, -0.25) is 4.57 Å². The number of hydrogen-bond donors (Lipinski definition) is 0. The van der Waals surface area contributed by atoms with Crippen molar-refractivity contribution >= 4 is 7.59 Å². The monoisotopic (exact) mass is 587 g/mol. The van der Waals surface area contributed by atoms with Crippen LogP contribution < -0.4 is 0 Å². The van der Waals surface area contributed by atoms with Gasteiger partial charge in [-0.25, -0.2) is 14.0 Å². The minimum Gasteiger partial charge on any atom is -0.270 e. The summed E-state index contributed by atoms with van der Waals surface area (Å²) in [4.78, 5) is 0. The molecule has 0 rings (SSSR count). The van der Waals surface area contributed by atoms with E-state index in [9.17, 15) is 83.6 Å². The van der Waals surface area contributed by atoms with E-state index in [-0.39, 0.29) is 0 Å². The van der Waals surface area contributed by atoms with E-state index in [1.165, 1.54) is 0 Å². The topological polar surface area (TPSA) is 26.8 Å². The van der Waals surface area contributed by atoms with Crippen LogP contribution in [0.3, 0.4) is 0 Å². The molecule has 0 N–H and O–H groups in total. The van der Waals surface area contributed by atoms with E-state index >= 15 is 0 Å². The first-order valence-electron chi connectivity index (χ1n) is 8.20. The molecule has 0 aliphatic carbocycles. The van der Waals surface area contributed by atoms with Crippen LogP contribution in [0.1, 0.15) is 0 Å². The Hall–Kier alpha value is -1.15. The fourth-order valence-electron chi connectivity index (χ4n) is 2.50. The highest BCUT2D eigenvalue weighted by atomic mass is 31.2. The van der Waals surface area contributed by atoms with Crippen LogP contribution >= 0.6 is 7.59 Å². The van der Waals surface area contributed by atoms with E-state index in [1.54, 1.807) is 0 Å². The van der Waals surface area contributed by atoms with Crippen LogP contribution in [0.2, 0.25) is 0 Å². The molecule has 0 saturated carbocycles. The predicted octanol–water partition coefficient (Wildman–Crippen LogP) is 6.37. The third-order valence-electron chi connectivity index (χ3n) is 3.28. The molecule has 4 nitrogen and oxygen atoms in total. The van der Waals surface area contributed by atoms with E-state index in [1.807, 2.05) is 0 Å². The standard InChI is InChI=1S/C12H12F18N3OP/c13-7(14,15)1-31(2-8(16,17)18)35(34,32(3-9(19,20)21)4-10(22,23)24)33(5-11(25,26)27)6-12(28,29)30/h1-6H2. The zero-order chi connectivity index (χ0) is 28.5. The fraction of sp³-hybridized carbons (Fsp3) is 1.00. The Kier molecular flexibility index (Phi) is 10.3.